The van der Waals surface area contributed by atoms with Gasteiger partial charge >= 0.3 is 0 Å². The van der Waals surface area contributed by atoms with Crippen molar-refractivity contribution in [1.29, 1.82) is 0 Å². The van der Waals surface area contributed by atoms with Crippen LogP contribution < -0.4 is 19.5 Å². The van der Waals surface area contributed by atoms with Crippen LogP contribution >= 0.6 is 24.0 Å². The molecule has 0 aliphatic carbocycles. The SMILES string of the molecule is CCOc1cc2ncnc(Nc3ccc(OCc4ccccc4F)c(Cl)c3)c2cc1OCC.Cl. The van der Waals surface area contributed by atoms with Crippen molar-refractivity contribution in [2.75, 3.05) is 18.5 Å². The molecule has 0 fully saturated rings. The van der Waals surface area contributed by atoms with Crippen molar-refractivity contribution in [3.05, 3.63) is 77.3 Å². The summed E-state index contributed by atoms with van der Waals surface area (Å²) in [6, 6.07) is 15.4. The number of hydrogen-bond acceptors (Lipinski definition) is 6. The van der Waals surface area contributed by atoms with Gasteiger partial charge < -0.3 is 19.5 Å². The van der Waals surface area contributed by atoms with Crippen molar-refractivity contribution in [2.24, 2.45) is 0 Å². The lowest BCUT2D eigenvalue weighted by Crippen LogP contribution is -2.01. The van der Waals surface area contributed by atoms with Crippen LogP contribution in [0.1, 0.15) is 19.4 Å². The summed E-state index contributed by atoms with van der Waals surface area (Å²) in [5.74, 6) is 2.00. The van der Waals surface area contributed by atoms with Gasteiger partial charge in [-0.3, -0.25) is 0 Å². The lowest BCUT2D eigenvalue weighted by atomic mass is 10.2. The fourth-order valence-corrected chi connectivity index (χ4v) is 3.54. The number of nitrogens with one attached hydrogen (secondary N) is 1. The van der Waals surface area contributed by atoms with Gasteiger partial charge in [-0.1, -0.05) is 29.8 Å². The minimum absolute atomic E-state index is 0. The van der Waals surface area contributed by atoms with Crippen molar-refractivity contribution in [3.8, 4) is 17.2 Å². The molecule has 1 heterocycles. The molecule has 3 aromatic carbocycles. The Hall–Kier alpha value is -3.29. The Morgan fingerprint density at radius 1 is 0.882 bits per heavy atom. The molecule has 0 aliphatic heterocycles. The third-order valence-corrected chi connectivity index (χ3v) is 5.13. The summed E-state index contributed by atoms with van der Waals surface area (Å²) >= 11 is 6.41. The summed E-state index contributed by atoms with van der Waals surface area (Å²) in [5.41, 5.74) is 1.89. The van der Waals surface area contributed by atoms with Gasteiger partial charge in [-0.15, -0.1) is 12.4 Å². The van der Waals surface area contributed by atoms with Gasteiger partial charge in [0.05, 0.1) is 23.8 Å². The van der Waals surface area contributed by atoms with Crippen LogP contribution in [0.4, 0.5) is 15.9 Å². The highest BCUT2D eigenvalue weighted by Crippen LogP contribution is 2.36. The third-order valence-electron chi connectivity index (χ3n) is 4.84. The van der Waals surface area contributed by atoms with Crippen LogP contribution in [-0.4, -0.2) is 23.2 Å². The molecule has 1 aromatic heterocycles. The normalized spacial score (nSPS) is 10.5. The van der Waals surface area contributed by atoms with Crippen LogP contribution in [0.25, 0.3) is 10.9 Å². The Morgan fingerprint density at radius 2 is 1.62 bits per heavy atom. The molecule has 0 spiro atoms. The highest BCUT2D eigenvalue weighted by atomic mass is 35.5. The first kappa shape index (κ1) is 25.3. The van der Waals surface area contributed by atoms with Crippen molar-refractivity contribution >= 4 is 46.4 Å². The summed E-state index contributed by atoms with van der Waals surface area (Å²) in [6.07, 6.45) is 1.48. The number of nitrogens with zero attached hydrogens (tertiary/aromatic N) is 2. The van der Waals surface area contributed by atoms with E-state index in [9.17, 15) is 4.39 Å². The topological polar surface area (TPSA) is 65.5 Å². The number of fused-ring (bicyclic) bond motifs is 1. The zero-order chi connectivity index (χ0) is 23.2. The Kier molecular flexibility index (Phi) is 8.73. The number of benzene rings is 3. The van der Waals surface area contributed by atoms with E-state index in [1.165, 1.54) is 12.4 Å². The van der Waals surface area contributed by atoms with Gasteiger partial charge in [0.25, 0.3) is 0 Å². The van der Waals surface area contributed by atoms with E-state index >= 15 is 0 Å². The summed E-state index contributed by atoms with van der Waals surface area (Å²) in [4.78, 5) is 8.74. The first-order valence-corrected chi connectivity index (χ1v) is 10.9. The van der Waals surface area contributed by atoms with E-state index in [0.717, 1.165) is 10.9 Å². The molecule has 0 atom stereocenters. The van der Waals surface area contributed by atoms with Crippen LogP contribution in [0.5, 0.6) is 17.2 Å². The fraction of sp³-hybridized carbons (Fsp3) is 0.200. The quantitative estimate of drug-likeness (QED) is 0.266. The lowest BCUT2D eigenvalue weighted by molar-refractivity contribution is 0.288. The highest BCUT2D eigenvalue weighted by molar-refractivity contribution is 6.32. The Labute approximate surface area is 208 Å². The molecule has 6 nitrogen and oxygen atoms in total. The van der Waals surface area contributed by atoms with E-state index in [1.54, 1.807) is 30.3 Å². The first-order chi connectivity index (χ1) is 16.1. The second-order valence-electron chi connectivity index (χ2n) is 7.05. The molecule has 0 unspecified atom stereocenters. The van der Waals surface area contributed by atoms with E-state index in [4.69, 9.17) is 25.8 Å². The standard InChI is InChI=1S/C25H23ClFN3O3.ClH/c1-3-31-23-12-18-21(13-24(23)32-4-2)28-15-29-25(18)30-17-9-10-22(19(26)11-17)33-14-16-7-5-6-8-20(16)27;/h5-13,15H,3-4,14H2,1-2H3,(H,28,29,30);1H. The zero-order valence-corrected chi connectivity index (χ0v) is 20.3. The molecule has 0 saturated heterocycles. The molecule has 0 aliphatic rings. The van der Waals surface area contributed by atoms with Gasteiger partial charge in [0, 0.05) is 22.7 Å². The Morgan fingerprint density at radius 3 is 2.32 bits per heavy atom. The summed E-state index contributed by atoms with van der Waals surface area (Å²) in [5, 5.41) is 4.44. The minimum Gasteiger partial charge on any atom is -0.490 e. The predicted molar refractivity (Wildman–Crippen MR) is 135 cm³/mol. The zero-order valence-electron chi connectivity index (χ0n) is 18.7. The molecule has 9 heteroatoms. The van der Waals surface area contributed by atoms with E-state index in [0.29, 0.717) is 52.6 Å². The van der Waals surface area contributed by atoms with Crippen molar-refractivity contribution in [3.63, 3.8) is 0 Å². The van der Waals surface area contributed by atoms with E-state index < -0.39 is 0 Å². The average Bonchev–Trinajstić information content (AvgIpc) is 2.81. The maximum absolute atomic E-state index is 13.8. The number of ether oxygens (including phenoxy) is 3. The van der Waals surface area contributed by atoms with Gasteiger partial charge in [0.15, 0.2) is 11.5 Å². The number of hydrogen-bond donors (Lipinski definition) is 1. The van der Waals surface area contributed by atoms with Crippen molar-refractivity contribution < 1.29 is 18.6 Å². The molecule has 4 aromatic rings. The summed E-state index contributed by atoms with van der Waals surface area (Å²) in [6.45, 7) is 4.94. The fourth-order valence-electron chi connectivity index (χ4n) is 3.30. The maximum atomic E-state index is 13.8. The number of halogens is 3. The van der Waals surface area contributed by atoms with Crippen LogP contribution in [0.3, 0.4) is 0 Å². The largest absolute Gasteiger partial charge is 0.490 e. The summed E-state index contributed by atoms with van der Waals surface area (Å²) in [7, 11) is 0. The van der Waals surface area contributed by atoms with Gasteiger partial charge in [-0.25, -0.2) is 14.4 Å². The Bertz CT molecular complexity index is 1270. The lowest BCUT2D eigenvalue weighted by Gasteiger charge is -2.14. The van der Waals surface area contributed by atoms with Crippen molar-refractivity contribution in [1.82, 2.24) is 9.97 Å². The van der Waals surface area contributed by atoms with Crippen LogP contribution in [-0.2, 0) is 6.61 Å². The van der Waals surface area contributed by atoms with Gasteiger partial charge in [0.1, 0.15) is 30.3 Å². The second-order valence-corrected chi connectivity index (χ2v) is 7.46. The van der Waals surface area contributed by atoms with Gasteiger partial charge in [-0.05, 0) is 44.2 Å². The molecule has 0 radical (unpaired) electrons. The molecule has 0 amide bonds. The second kappa shape index (κ2) is 11.7. The molecule has 178 valence electrons. The maximum Gasteiger partial charge on any atom is 0.163 e. The van der Waals surface area contributed by atoms with E-state index in [-0.39, 0.29) is 24.8 Å². The highest BCUT2D eigenvalue weighted by Gasteiger charge is 2.13. The minimum atomic E-state index is -0.318. The van der Waals surface area contributed by atoms with E-state index in [1.807, 2.05) is 32.0 Å². The molecular weight excluding hydrogens is 480 g/mol. The number of anilines is 2. The van der Waals surface area contributed by atoms with Crippen LogP contribution in [0.2, 0.25) is 5.02 Å². The van der Waals surface area contributed by atoms with Crippen LogP contribution in [0.15, 0.2) is 60.9 Å². The number of rotatable bonds is 9. The Balaban J connectivity index is 0.00000324. The molecule has 1 N–H and O–H groups in total. The van der Waals surface area contributed by atoms with Gasteiger partial charge in [-0.2, -0.15) is 0 Å². The molecule has 4 rings (SSSR count). The summed E-state index contributed by atoms with van der Waals surface area (Å²) < 4.78 is 30.9. The molecule has 0 bridgehead atoms. The molecule has 34 heavy (non-hydrogen) atoms. The smallest absolute Gasteiger partial charge is 0.163 e. The van der Waals surface area contributed by atoms with Gasteiger partial charge in [0.2, 0.25) is 0 Å². The first-order valence-electron chi connectivity index (χ1n) is 10.6. The third kappa shape index (κ3) is 5.79. The monoisotopic (exact) mass is 503 g/mol. The van der Waals surface area contributed by atoms with Crippen LogP contribution in [0, 0.1) is 5.82 Å². The molecule has 0 saturated carbocycles. The van der Waals surface area contributed by atoms with E-state index in [2.05, 4.69) is 15.3 Å². The molecular formula is C25H24Cl2FN3O3. The average molecular weight is 504 g/mol. The predicted octanol–water partition coefficient (Wildman–Crippen LogP) is 6.96. The van der Waals surface area contributed by atoms with Crippen molar-refractivity contribution in [2.45, 2.75) is 20.5 Å². The number of aromatic nitrogens is 2.